The molecule has 1 atom stereocenters. The van der Waals surface area contributed by atoms with Gasteiger partial charge in [0.25, 0.3) is 5.91 Å². The molecule has 118 valence electrons. The average Bonchev–Trinajstić information content (AvgIpc) is 2.83. The van der Waals surface area contributed by atoms with Gasteiger partial charge in [-0.15, -0.1) is 0 Å². The van der Waals surface area contributed by atoms with Crippen LogP contribution in [-0.4, -0.2) is 10.8 Å². The van der Waals surface area contributed by atoms with Gasteiger partial charge in [0.1, 0.15) is 0 Å². The minimum atomic E-state index is 0.0467. The van der Waals surface area contributed by atoms with Crippen LogP contribution >= 0.6 is 11.6 Å². The molecule has 1 heterocycles. The lowest BCUT2D eigenvalue weighted by atomic mass is 10.0. The molecule has 0 bridgehead atoms. The largest absolute Gasteiger partial charge is 0.304 e. The molecule has 0 spiro atoms. The summed E-state index contributed by atoms with van der Waals surface area (Å²) >= 11 is 6.01. The maximum absolute atomic E-state index is 12.6. The van der Waals surface area contributed by atoms with Crippen molar-refractivity contribution in [3.05, 3.63) is 58.3 Å². The van der Waals surface area contributed by atoms with E-state index < -0.39 is 0 Å². The number of amides is 1. The summed E-state index contributed by atoms with van der Waals surface area (Å²) in [5.41, 5.74) is 2.76. The number of carbonyl (C=O) groups is 1. The Kier molecular flexibility index (Phi) is 5.84. The Balaban J connectivity index is 2.18. The Hall–Kier alpha value is -1.54. The van der Waals surface area contributed by atoms with Gasteiger partial charge in [-0.2, -0.15) is 0 Å². The first-order chi connectivity index (χ1) is 10.6. The number of carbonyl (C=O) groups excluding carboxylic acids is 1. The molecule has 1 unspecified atom stereocenters. The van der Waals surface area contributed by atoms with Crippen LogP contribution in [0.25, 0.3) is 0 Å². The second kappa shape index (κ2) is 7.64. The maximum atomic E-state index is 12.6. The van der Waals surface area contributed by atoms with E-state index >= 15 is 0 Å². The number of benzene rings is 1. The van der Waals surface area contributed by atoms with Gasteiger partial charge < -0.3 is 4.90 Å². The highest BCUT2D eigenvalue weighted by Gasteiger charge is 2.28. The van der Waals surface area contributed by atoms with Gasteiger partial charge in [0, 0.05) is 16.3 Å². The number of hydrogen-bond acceptors (Lipinski definition) is 1. The molecule has 2 rings (SSSR count). The first-order valence-corrected chi connectivity index (χ1v) is 8.41. The van der Waals surface area contributed by atoms with Crippen molar-refractivity contribution in [1.29, 1.82) is 0 Å². The van der Waals surface area contributed by atoms with Crippen LogP contribution in [0.15, 0.2) is 42.1 Å². The molecule has 3 heteroatoms. The van der Waals surface area contributed by atoms with E-state index in [-0.39, 0.29) is 5.91 Å². The maximum Gasteiger partial charge on any atom is 0.258 e. The van der Waals surface area contributed by atoms with E-state index in [4.69, 9.17) is 11.6 Å². The van der Waals surface area contributed by atoms with E-state index in [0.29, 0.717) is 17.5 Å². The van der Waals surface area contributed by atoms with Crippen LogP contribution in [0.3, 0.4) is 0 Å². The van der Waals surface area contributed by atoms with Crippen LogP contribution in [-0.2, 0) is 6.54 Å². The Morgan fingerprint density at radius 3 is 2.86 bits per heavy atom. The van der Waals surface area contributed by atoms with Crippen LogP contribution in [0.5, 0.6) is 0 Å². The zero-order valence-corrected chi connectivity index (χ0v) is 14.4. The van der Waals surface area contributed by atoms with Crippen molar-refractivity contribution >= 4 is 17.5 Å². The molecule has 1 aromatic carbocycles. The first kappa shape index (κ1) is 16.8. The third-order valence-electron chi connectivity index (χ3n) is 4.12. The topological polar surface area (TPSA) is 20.3 Å². The van der Waals surface area contributed by atoms with Crippen molar-refractivity contribution in [2.75, 3.05) is 0 Å². The Bertz CT molecular complexity index is 603. The number of hydrogen-bond donors (Lipinski definition) is 0. The molecule has 0 saturated carbocycles. The van der Waals surface area contributed by atoms with Gasteiger partial charge in [-0.1, -0.05) is 57.0 Å². The smallest absolute Gasteiger partial charge is 0.258 e. The Labute approximate surface area is 138 Å². The van der Waals surface area contributed by atoms with Gasteiger partial charge >= 0.3 is 0 Å². The van der Waals surface area contributed by atoms with E-state index in [1.54, 1.807) is 6.07 Å². The number of rotatable bonds is 6. The molecule has 0 N–H and O–H groups in total. The van der Waals surface area contributed by atoms with E-state index in [1.807, 2.05) is 17.0 Å². The molecule has 1 amide bonds. The van der Waals surface area contributed by atoms with Gasteiger partial charge in [0.05, 0.1) is 6.54 Å². The molecular formula is C19H24ClNO. The van der Waals surface area contributed by atoms with Gasteiger partial charge in [-0.3, -0.25) is 4.79 Å². The van der Waals surface area contributed by atoms with Crippen LogP contribution < -0.4 is 0 Å². The minimum Gasteiger partial charge on any atom is -0.304 e. The molecule has 1 aliphatic rings. The van der Waals surface area contributed by atoms with Crippen molar-refractivity contribution in [2.24, 2.45) is 5.92 Å². The van der Waals surface area contributed by atoms with Crippen LogP contribution in [0, 0.1) is 5.92 Å². The Morgan fingerprint density at radius 1 is 1.41 bits per heavy atom. The highest BCUT2D eigenvalue weighted by Crippen LogP contribution is 2.29. The van der Waals surface area contributed by atoms with Crippen molar-refractivity contribution in [3.63, 3.8) is 0 Å². The summed E-state index contributed by atoms with van der Waals surface area (Å²) < 4.78 is 0. The van der Waals surface area contributed by atoms with Crippen LogP contribution in [0.4, 0.5) is 0 Å². The molecule has 0 saturated heterocycles. The van der Waals surface area contributed by atoms with Gasteiger partial charge in [-0.05, 0) is 42.5 Å². The molecule has 0 aliphatic carbocycles. The highest BCUT2D eigenvalue weighted by molar-refractivity contribution is 6.31. The molecule has 1 aromatic rings. The molecule has 1 aliphatic heterocycles. The van der Waals surface area contributed by atoms with Gasteiger partial charge in [-0.25, -0.2) is 0 Å². The fourth-order valence-corrected chi connectivity index (χ4v) is 2.72. The van der Waals surface area contributed by atoms with E-state index in [2.05, 4.69) is 39.0 Å². The minimum absolute atomic E-state index is 0.0467. The summed E-state index contributed by atoms with van der Waals surface area (Å²) in [4.78, 5) is 14.5. The molecule has 0 aromatic heterocycles. The summed E-state index contributed by atoms with van der Waals surface area (Å²) in [5.74, 6) is 0.717. The molecular weight excluding hydrogens is 294 g/mol. The van der Waals surface area contributed by atoms with Crippen LogP contribution in [0.2, 0.25) is 5.02 Å². The fourth-order valence-electron chi connectivity index (χ4n) is 2.55. The van der Waals surface area contributed by atoms with E-state index in [1.165, 1.54) is 6.42 Å². The van der Waals surface area contributed by atoms with Crippen molar-refractivity contribution in [2.45, 2.75) is 46.6 Å². The number of nitrogens with zero attached hydrogens (tertiary/aromatic N) is 1. The highest BCUT2D eigenvalue weighted by atomic mass is 35.5. The summed E-state index contributed by atoms with van der Waals surface area (Å²) in [6, 6.07) is 5.56. The molecule has 0 fully saturated rings. The lowest BCUT2D eigenvalue weighted by Gasteiger charge is -2.17. The zero-order chi connectivity index (χ0) is 16.1. The number of allylic oxidation sites excluding steroid dienone is 3. The van der Waals surface area contributed by atoms with E-state index in [9.17, 15) is 4.79 Å². The third-order valence-corrected chi connectivity index (χ3v) is 4.36. The first-order valence-electron chi connectivity index (χ1n) is 8.03. The summed E-state index contributed by atoms with van der Waals surface area (Å²) in [6.07, 6.45) is 9.49. The zero-order valence-electron chi connectivity index (χ0n) is 13.6. The second-order valence-electron chi connectivity index (χ2n) is 5.88. The van der Waals surface area contributed by atoms with Crippen molar-refractivity contribution < 1.29 is 4.79 Å². The summed E-state index contributed by atoms with van der Waals surface area (Å²) in [7, 11) is 0. The van der Waals surface area contributed by atoms with Crippen molar-refractivity contribution in [1.82, 2.24) is 4.90 Å². The standard InChI is InChI=1S/C19H24ClNO/c1-4-7-17(9-6-8-14(3)5-2)21-13-15-10-11-16(20)12-18(15)19(21)22/h6-7,9-12,14H,4-5,8,13H2,1-3H3/b9-6-,17-7+. The monoisotopic (exact) mass is 317 g/mol. The van der Waals surface area contributed by atoms with Gasteiger partial charge in [0.2, 0.25) is 0 Å². The SMILES string of the molecule is CC/C=C(\C=C/CC(C)CC)N1Cc2ccc(Cl)cc2C1=O. The Morgan fingerprint density at radius 2 is 2.18 bits per heavy atom. The average molecular weight is 318 g/mol. The molecule has 22 heavy (non-hydrogen) atoms. The quantitative estimate of drug-likeness (QED) is 0.627. The summed E-state index contributed by atoms with van der Waals surface area (Å²) in [6.45, 7) is 7.16. The second-order valence-corrected chi connectivity index (χ2v) is 6.32. The van der Waals surface area contributed by atoms with E-state index in [0.717, 1.165) is 29.7 Å². The van der Waals surface area contributed by atoms with Gasteiger partial charge in [0.15, 0.2) is 0 Å². The fraction of sp³-hybridized carbons (Fsp3) is 0.421. The number of halogens is 1. The van der Waals surface area contributed by atoms with Crippen LogP contribution in [0.1, 0.15) is 56.0 Å². The lowest BCUT2D eigenvalue weighted by molar-refractivity contribution is 0.0831. The number of fused-ring (bicyclic) bond motifs is 1. The normalized spacial score (nSPS) is 16.5. The summed E-state index contributed by atoms with van der Waals surface area (Å²) in [5, 5.41) is 0.613. The lowest BCUT2D eigenvalue weighted by Crippen LogP contribution is -2.22. The predicted octanol–water partition coefficient (Wildman–Crippen LogP) is 5.58. The third kappa shape index (κ3) is 3.80. The molecule has 0 radical (unpaired) electrons. The van der Waals surface area contributed by atoms with Crippen molar-refractivity contribution in [3.8, 4) is 0 Å². The predicted molar refractivity (Wildman–Crippen MR) is 92.9 cm³/mol. The molecule has 2 nitrogen and oxygen atoms in total.